The third-order valence-electron chi connectivity index (χ3n) is 5.43. The second-order valence-electron chi connectivity index (χ2n) is 7.89. The highest BCUT2D eigenvalue weighted by Crippen LogP contribution is 2.25. The minimum Gasteiger partial charge on any atom is -0.337 e. The van der Waals surface area contributed by atoms with Gasteiger partial charge in [0, 0.05) is 17.5 Å². The summed E-state index contributed by atoms with van der Waals surface area (Å²) < 4.78 is 21.8. The van der Waals surface area contributed by atoms with E-state index in [1.54, 1.807) is 10.6 Å². The van der Waals surface area contributed by atoms with Crippen molar-refractivity contribution in [1.82, 2.24) is 24.3 Å². The van der Waals surface area contributed by atoms with E-state index in [-0.39, 0.29) is 24.2 Å². The first-order valence-electron chi connectivity index (χ1n) is 10.9. The number of carbonyl (C=O) groups is 1. The standard InChI is InChI=1S/C24H21FN6O3/c1-2-6-19-28-21(34-29-19)13-30-14-26-22-17-9-3-4-10-18(17)31(23(22)24(30)33)12-20(32)27-16-8-5-7-15(25)11-16/h3-5,7-11,14H,2,6,12-13H2,1H3,(H,27,32). The third kappa shape index (κ3) is 4.05. The fraction of sp³-hybridized carbons (Fsp3) is 0.208. The summed E-state index contributed by atoms with van der Waals surface area (Å²) in [6.07, 6.45) is 3.01. The van der Waals surface area contributed by atoms with Gasteiger partial charge in [-0.15, -0.1) is 0 Å². The van der Waals surface area contributed by atoms with Crippen LogP contribution in [0.2, 0.25) is 0 Å². The van der Waals surface area contributed by atoms with E-state index in [0.29, 0.717) is 34.9 Å². The molecular formula is C24H21FN6O3. The van der Waals surface area contributed by atoms with E-state index in [1.807, 2.05) is 31.2 Å². The molecule has 5 rings (SSSR count). The lowest BCUT2D eigenvalue weighted by Gasteiger charge is -2.09. The SMILES string of the molecule is CCCc1noc(Cn2cnc3c4ccccc4n(CC(=O)Nc4cccc(F)c4)c3c2=O)n1. The zero-order valence-electron chi connectivity index (χ0n) is 18.4. The van der Waals surface area contributed by atoms with Crippen LogP contribution in [0.5, 0.6) is 0 Å². The van der Waals surface area contributed by atoms with E-state index >= 15 is 0 Å². The Morgan fingerprint density at radius 1 is 1.18 bits per heavy atom. The molecule has 3 aromatic heterocycles. The van der Waals surface area contributed by atoms with Gasteiger partial charge in [0.05, 0.1) is 11.8 Å². The zero-order chi connectivity index (χ0) is 23.7. The van der Waals surface area contributed by atoms with Crippen LogP contribution >= 0.6 is 0 Å². The number of para-hydroxylation sites is 1. The van der Waals surface area contributed by atoms with Gasteiger partial charge in [0.25, 0.3) is 5.56 Å². The van der Waals surface area contributed by atoms with E-state index in [1.165, 1.54) is 29.1 Å². The normalized spacial score (nSPS) is 11.4. The number of halogens is 1. The highest BCUT2D eigenvalue weighted by Gasteiger charge is 2.19. The summed E-state index contributed by atoms with van der Waals surface area (Å²) in [4.78, 5) is 35.1. The van der Waals surface area contributed by atoms with Crippen LogP contribution in [0.15, 0.2) is 64.2 Å². The molecule has 34 heavy (non-hydrogen) atoms. The van der Waals surface area contributed by atoms with Crippen LogP contribution in [-0.2, 0) is 24.3 Å². The Bertz CT molecular complexity index is 1570. The van der Waals surface area contributed by atoms with E-state index in [9.17, 15) is 14.0 Å². The second kappa shape index (κ2) is 8.89. The number of benzene rings is 2. The van der Waals surface area contributed by atoms with Crippen molar-refractivity contribution in [1.29, 1.82) is 0 Å². The molecule has 0 atom stereocenters. The summed E-state index contributed by atoms with van der Waals surface area (Å²) in [7, 11) is 0. The number of anilines is 1. The van der Waals surface area contributed by atoms with Crippen LogP contribution in [-0.4, -0.2) is 30.2 Å². The lowest BCUT2D eigenvalue weighted by Crippen LogP contribution is -2.25. The largest absolute Gasteiger partial charge is 0.337 e. The van der Waals surface area contributed by atoms with Crippen molar-refractivity contribution in [3.63, 3.8) is 0 Å². The second-order valence-corrected chi connectivity index (χ2v) is 7.89. The number of hydrogen-bond acceptors (Lipinski definition) is 6. The fourth-order valence-electron chi connectivity index (χ4n) is 3.96. The van der Waals surface area contributed by atoms with Crippen molar-refractivity contribution in [2.24, 2.45) is 0 Å². The number of fused-ring (bicyclic) bond motifs is 3. The Balaban J connectivity index is 1.54. The highest BCUT2D eigenvalue weighted by molar-refractivity contribution is 6.06. The molecule has 1 amide bonds. The predicted octanol–water partition coefficient (Wildman–Crippen LogP) is 3.51. The maximum atomic E-state index is 13.5. The number of amides is 1. The molecule has 3 heterocycles. The van der Waals surface area contributed by atoms with Crippen LogP contribution in [0.25, 0.3) is 21.9 Å². The minimum absolute atomic E-state index is 0.0650. The maximum absolute atomic E-state index is 13.5. The van der Waals surface area contributed by atoms with E-state index in [2.05, 4.69) is 20.4 Å². The van der Waals surface area contributed by atoms with Gasteiger partial charge in [-0.25, -0.2) is 9.37 Å². The summed E-state index contributed by atoms with van der Waals surface area (Å²) in [5, 5.41) is 7.35. The lowest BCUT2D eigenvalue weighted by atomic mass is 10.2. The summed E-state index contributed by atoms with van der Waals surface area (Å²) in [6.45, 7) is 1.93. The monoisotopic (exact) mass is 460 g/mol. The Kier molecular flexibility index (Phi) is 5.62. The molecule has 1 N–H and O–H groups in total. The fourth-order valence-corrected chi connectivity index (χ4v) is 3.96. The molecule has 172 valence electrons. The van der Waals surface area contributed by atoms with Crippen molar-refractivity contribution in [3.05, 3.63) is 82.7 Å². The molecule has 0 bridgehead atoms. The summed E-state index contributed by atoms with van der Waals surface area (Å²) >= 11 is 0. The van der Waals surface area contributed by atoms with Crippen molar-refractivity contribution in [2.75, 3.05) is 5.32 Å². The van der Waals surface area contributed by atoms with Gasteiger partial charge in [-0.2, -0.15) is 4.98 Å². The first-order chi connectivity index (χ1) is 16.5. The number of hydrogen-bond donors (Lipinski definition) is 1. The van der Waals surface area contributed by atoms with Crippen molar-refractivity contribution in [2.45, 2.75) is 32.9 Å². The average molecular weight is 460 g/mol. The number of aromatic nitrogens is 5. The van der Waals surface area contributed by atoms with Gasteiger partial charge in [0.1, 0.15) is 29.9 Å². The van der Waals surface area contributed by atoms with Crippen LogP contribution in [0.3, 0.4) is 0 Å². The van der Waals surface area contributed by atoms with Crippen molar-refractivity contribution < 1.29 is 13.7 Å². The average Bonchev–Trinajstić information content (AvgIpc) is 3.39. The molecule has 9 nitrogen and oxygen atoms in total. The van der Waals surface area contributed by atoms with Crippen LogP contribution in [0.1, 0.15) is 25.1 Å². The molecule has 0 aliphatic heterocycles. The Hall–Kier alpha value is -4.34. The molecule has 10 heteroatoms. The number of carbonyl (C=O) groups excluding carboxylic acids is 1. The van der Waals surface area contributed by atoms with E-state index in [4.69, 9.17) is 4.52 Å². The van der Waals surface area contributed by atoms with Crippen LogP contribution in [0, 0.1) is 5.82 Å². The Labute approximate surface area is 192 Å². The molecule has 0 radical (unpaired) electrons. The number of rotatable bonds is 7. The molecule has 0 fully saturated rings. The molecular weight excluding hydrogens is 439 g/mol. The van der Waals surface area contributed by atoms with Gasteiger partial charge in [0.2, 0.25) is 11.8 Å². The summed E-state index contributed by atoms with van der Waals surface area (Å²) in [6, 6.07) is 13.0. The summed E-state index contributed by atoms with van der Waals surface area (Å²) in [5.74, 6) is 0.0370. The number of nitrogens with one attached hydrogen (secondary N) is 1. The van der Waals surface area contributed by atoms with Crippen LogP contribution in [0.4, 0.5) is 10.1 Å². The summed E-state index contributed by atoms with van der Waals surface area (Å²) in [5.41, 5.74) is 1.46. The smallest absolute Gasteiger partial charge is 0.278 e. The predicted molar refractivity (Wildman–Crippen MR) is 124 cm³/mol. The maximum Gasteiger partial charge on any atom is 0.278 e. The highest BCUT2D eigenvalue weighted by atomic mass is 19.1. The molecule has 0 spiro atoms. The van der Waals surface area contributed by atoms with Gasteiger partial charge >= 0.3 is 0 Å². The van der Waals surface area contributed by atoms with Gasteiger partial charge in [-0.05, 0) is 30.7 Å². The minimum atomic E-state index is -0.454. The van der Waals surface area contributed by atoms with Crippen molar-refractivity contribution >= 4 is 33.5 Å². The Morgan fingerprint density at radius 2 is 2.03 bits per heavy atom. The molecule has 0 saturated carbocycles. The molecule has 2 aromatic carbocycles. The van der Waals surface area contributed by atoms with E-state index in [0.717, 1.165) is 11.8 Å². The van der Waals surface area contributed by atoms with Gasteiger partial charge < -0.3 is 14.4 Å². The van der Waals surface area contributed by atoms with Gasteiger partial charge in [0.15, 0.2) is 5.82 Å². The molecule has 5 aromatic rings. The molecule has 0 saturated heterocycles. The molecule has 0 aliphatic rings. The van der Waals surface area contributed by atoms with E-state index < -0.39 is 11.7 Å². The zero-order valence-corrected chi connectivity index (χ0v) is 18.4. The first-order valence-corrected chi connectivity index (χ1v) is 10.9. The Morgan fingerprint density at radius 3 is 2.85 bits per heavy atom. The van der Waals surface area contributed by atoms with Crippen LogP contribution < -0.4 is 10.9 Å². The van der Waals surface area contributed by atoms with Gasteiger partial charge in [-0.3, -0.25) is 14.2 Å². The van der Waals surface area contributed by atoms with Crippen molar-refractivity contribution in [3.8, 4) is 0 Å². The van der Waals surface area contributed by atoms with Gasteiger partial charge in [-0.1, -0.05) is 36.3 Å². The molecule has 0 unspecified atom stereocenters. The topological polar surface area (TPSA) is 108 Å². The first kappa shape index (κ1) is 21.5. The number of nitrogens with zero attached hydrogens (tertiary/aromatic N) is 5. The molecule has 0 aliphatic carbocycles. The lowest BCUT2D eigenvalue weighted by molar-refractivity contribution is -0.116. The quantitative estimate of drug-likeness (QED) is 0.398. The number of aryl methyl sites for hydroxylation is 1. The third-order valence-corrected chi connectivity index (χ3v) is 5.43.